The van der Waals surface area contributed by atoms with E-state index in [4.69, 9.17) is 0 Å². The third-order valence-electron chi connectivity index (χ3n) is 7.29. The summed E-state index contributed by atoms with van der Waals surface area (Å²) in [5.74, 6) is -1.28. The molecule has 3 heterocycles. The van der Waals surface area contributed by atoms with Crippen LogP contribution in [-0.2, 0) is 34.3 Å². The molecule has 0 saturated heterocycles. The number of hydrogen-bond donors (Lipinski definition) is 4. The van der Waals surface area contributed by atoms with Crippen LogP contribution >= 0.6 is 11.3 Å². The highest BCUT2D eigenvalue weighted by Gasteiger charge is 2.29. The summed E-state index contributed by atoms with van der Waals surface area (Å²) in [5, 5.41) is 18.1. The minimum absolute atomic E-state index is 0.0207. The van der Waals surface area contributed by atoms with E-state index in [1.165, 1.54) is 11.3 Å². The number of aromatic nitrogens is 3. The first-order chi connectivity index (χ1) is 20.2. The number of nitrogens with one attached hydrogen (secondary N) is 4. The van der Waals surface area contributed by atoms with Crippen LogP contribution in [0.4, 0.5) is 0 Å². The Morgan fingerprint density at radius 1 is 1.10 bits per heavy atom. The van der Waals surface area contributed by atoms with E-state index in [1.807, 2.05) is 57.3 Å². The van der Waals surface area contributed by atoms with Crippen LogP contribution in [0.3, 0.4) is 0 Å². The molecule has 2 aromatic heterocycles. The molecule has 0 radical (unpaired) electrons. The van der Waals surface area contributed by atoms with E-state index in [1.54, 1.807) is 16.3 Å². The monoisotopic (exact) mass is 593 g/mol. The molecule has 0 unspecified atom stereocenters. The Hall–Kier alpha value is -4.06. The number of aryl methyl sites for hydroxylation is 2. The predicted molar refractivity (Wildman–Crippen MR) is 160 cm³/mol. The second kappa shape index (κ2) is 14.7. The van der Waals surface area contributed by atoms with Crippen LogP contribution in [0.2, 0.25) is 0 Å². The topological polar surface area (TPSA) is 147 Å². The second-order valence-corrected chi connectivity index (χ2v) is 11.8. The highest BCUT2D eigenvalue weighted by Crippen LogP contribution is 2.26. The predicted octanol–water partition coefficient (Wildman–Crippen LogP) is 2.45. The van der Waals surface area contributed by atoms with E-state index in [-0.39, 0.29) is 35.8 Å². The molecule has 0 fully saturated rings. The number of hydrogen-bond acceptors (Lipinski definition) is 7. The van der Waals surface area contributed by atoms with Crippen LogP contribution in [0.5, 0.6) is 0 Å². The minimum atomic E-state index is -0.773. The van der Waals surface area contributed by atoms with Gasteiger partial charge in [0, 0.05) is 43.7 Å². The van der Waals surface area contributed by atoms with Gasteiger partial charge in [-0.1, -0.05) is 44.2 Å². The van der Waals surface area contributed by atoms with Gasteiger partial charge in [-0.2, -0.15) is 5.10 Å². The van der Waals surface area contributed by atoms with Crippen molar-refractivity contribution in [1.82, 2.24) is 36.0 Å². The van der Waals surface area contributed by atoms with Gasteiger partial charge in [-0.05, 0) is 43.2 Å². The molecule has 3 aromatic rings. The van der Waals surface area contributed by atoms with Gasteiger partial charge in [-0.25, -0.2) is 4.98 Å². The van der Waals surface area contributed by atoms with Crippen LogP contribution < -0.4 is 21.3 Å². The Balaban J connectivity index is 1.51. The van der Waals surface area contributed by atoms with Gasteiger partial charge in [0.2, 0.25) is 17.7 Å². The second-order valence-electron chi connectivity index (χ2n) is 10.9. The molecule has 11 nitrogen and oxygen atoms in total. The van der Waals surface area contributed by atoms with Crippen molar-refractivity contribution in [3.05, 3.63) is 69.9 Å². The van der Waals surface area contributed by atoms with Gasteiger partial charge in [0.05, 0.1) is 6.04 Å². The lowest BCUT2D eigenvalue weighted by atomic mass is 10.0. The quantitative estimate of drug-likeness (QED) is 0.331. The average molecular weight is 594 g/mol. The van der Waals surface area contributed by atoms with Crippen molar-refractivity contribution in [1.29, 1.82) is 0 Å². The molecule has 4 rings (SSSR count). The lowest BCUT2D eigenvalue weighted by Gasteiger charge is -2.25. The maximum Gasteiger partial charge on any atom is 0.271 e. The third-order valence-corrected chi connectivity index (χ3v) is 8.22. The van der Waals surface area contributed by atoms with Crippen molar-refractivity contribution in [2.75, 3.05) is 6.54 Å². The van der Waals surface area contributed by atoms with Crippen molar-refractivity contribution in [3.8, 4) is 0 Å². The van der Waals surface area contributed by atoms with Crippen molar-refractivity contribution in [2.24, 2.45) is 13.0 Å². The van der Waals surface area contributed by atoms with Gasteiger partial charge >= 0.3 is 0 Å². The summed E-state index contributed by atoms with van der Waals surface area (Å²) < 4.78 is 1.72. The number of thiazole rings is 1. The molecule has 3 atom stereocenters. The van der Waals surface area contributed by atoms with Crippen molar-refractivity contribution >= 4 is 35.0 Å². The van der Waals surface area contributed by atoms with Crippen molar-refractivity contribution in [3.63, 3.8) is 0 Å². The van der Waals surface area contributed by atoms with Crippen molar-refractivity contribution < 1.29 is 19.2 Å². The summed E-state index contributed by atoms with van der Waals surface area (Å²) in [6.07, 6.45) is 4.37. The van der Waals surface area contributed by atoms with Gasteiger partial charge < -0.3 is 21.3 Å². The first-order valence-electron chi connectivity index (χ1n) is 14.4. The molecule has 0 saturated carbocycles. The van der Waals surface area contributed by atoms with E-state index >= 15 is 0 Å². The van der Waals surface area contributed by atoms with Crippen molar-refractivity contribution in [2.45, 2.75) is 70.5 Å². The summed E-state index contributed by atoms with van der Waals surface area (Å²) in [4.78, 5) is 57.2. The Morgan fingerprint density at radius 2 is 1.88 bits per heavy atom. The molecule has 42 heavy (non-hydrogen) atoms. The molecule has 1 aliphatic heterocycles. The van der Waals surface area contributed by atoms with E-state index < -0.39 is 24.0 Å². The fourth-order valence-corrected chi connectivity index (χ4v) is 5.85. The normalized spacial score (nSPS) is 20.5. The number of benzene rings is 1. The molecule has 1 aliphatic rings. The van der Waals surface area contributed by atoms with Gasteiger partial charge in [0.1, 0.15) is 22.8 Å². The molecule has 12 heteroatoms. The zero-order chi connectivity index (χ0) is 30.1. The van der Waals surface area contributed by atoms with Gasteiger partial charge in [-0.15, -0.1) is 11.3 Å². The fourth-order valence-electron chi connectivity index (χ4n) is 4.83. The smallest absolute Gasteiger partial charge is 0.271 e. The first kappa shape index (κ1) is 30.9. The zero-order valence-electron chi connectivity index (χ0n) is 24.3. The van der Waals surface area contributed by atoms with Crippen LogP contribution in [0, 0.1) is 5.92 Å². The first-order valence-corrected chi connectivity index (χ1v) is 15.2. The van der Waals surface area contributed by atoms with Crippen LogP contribution in [0.15, 0.2) is 48.0 Å². The molecule has 4 N–H and O–H groups in total. The third kappa shape index (κ3) is 8.48. The highest BCUT2D eigenvalue weighted by atomic mass is 32.1. The lowest BCUT2D eigenvalue weighted by Crippen LogP contribution is -2.49. The van der Waals surface area contributed by atoms with Gasteiger partial charge in [0.15, 0.2) is 0 Å². The summed E-state index contributed by atoms with van der Waals surface area (Å²) in [6, 6.07) is 9.42. The molecule has 4 amide bonds. The number of rotatable bonds is 7. The number of nitrogens with zero attached hydrogens (tertiary/aromatic N) is 3. The number of fused-ring (bicyclic) bond motifs is 2. The summed E-state index contributed by atoms with van der Waals surface area (Å²) in [7, 11) is 1.82. The van der Waals surface area contributed by atoms with Crippen LogP contribution in [-0.4, -0.2) is 57.0 Å². The fraction of sp³-hybridized carbons (Fsp3) is 0.467. The maximum atomic E-state index is 13.5. The largest absolute Gasteiger partial charge is 0.354 e. The van der Waals surface area contributed by atoms with Gasteiger partial charge in [0.25, 0.3) is 5.91 Å². The van der Waals surface area contributed by atoms with E-state index in [9.17, 15) is 19.2 Å². The number of amides is 4. The van der Waals surface area contributed by atoms with E-state index in [0.29, 0.717) is 43.7 Å². The molecule has 0 spiro atoms. The molecular weight excluding hydrogens is 554 g/mol. The summed E-state index contributed by atoms with van der Waals surface area (Å²) >= 11 is 1.28. The summed E-state index contributed by atoms with van der Waals surface area (Å²) in [6.45, 7) is 4.30. The lowest BCUT2D eigenvalue weighted by molar-refractivity contribution is -0.129. The molecule has 0 aliphatic carbocycles. The molecule has 1 aromatic carbocycles. The zero-order valence-corrected chi connectivity index (χ0v) is 25.1. The SMILES string of the molecule is CC(C)[C@H]1NC(=O)[C@@H](NC(=O)CCc2ccnn2C)CCCCNC(=O)[C@@H](Cc2ccccc2)NC(=O)c2csc1n2. The Labute approximate surface area is 249 Å². The molecular formula is C30H39N7O4S. The van der Waals surface area contributed by atoms with Crippen LogP contribution in [0.25, 0.3) is 0 Å². The van der Waals surface area contributed by atoms with Gasteiger partial charge in [-0.3, -0.25) is 23.9 Å². The summed E-state index contributed by atoms with van der Waals surface area (Å²) in [5.41, 5.74) is 2.04. The standard InChI is InChI=1S/C30H39N7O4S/c1-19(2)26-30-35-24(18-42-30)29(41)34-23(17-20-9-5-4-6-10-20)27(39)31-15-8-7-11-22(28(40)36-26)33-25(38)13-12-21-14-16-32-37(21)3/h4-6,9-10,14,16,18-19,22-23,26H,7-8,11-13,15,17H2,1-3H3,(H,31,39)(H,33,38)(H,34,41)(H,36,40)/t22-,23+,26+/m0/s1. The van der Waals surface area contributed by atoms with E-state index in [2.05, 4.69) is 31.3 Å². The Bertz CT molecular complexity index is 1370. The minimum Gasteiger partial charge on any atom is -0.354 e. The Kier molecular flexibility index (Phi) is 10.8. The maximum absolute atomic E-state index is 13.5. The number of carbonyl (C=O) groups excluding carboxylic acids is 4. The molecule has 224 valence electrons. The molecule has 2 bridgehead atoms. The average Bonchev–Trinajstić information content (AvgIpc) is 3.62. The van der Waals surface area contributed by atoms with Crippen LogP contribution in [0.1, 0.15) is 72.3 Å². The van der Waals surface area contributed by atoms with E-state index in [0.717, 1.165) is 11.3 Å². The Morgan fingerprint density at radius 3 is 2.60 bits per heavy atom. The number of carbonyl (C=O) groups is 4. The highest BCUT2D eigenvalue weighted by molar-refractivity contribution is 7.09.